The third-order valence-corrected chi connectivity index (χ3v) is 5.84. The average Bonchev–Trinajstić information content (AvgIpc) is 3.33. The van der Waals surface area contributed by atoms with E-state index >= 15 is 0 Å². The minimum absolute atomic E-state index is 0.0457. The molecular formula is C23H20ClN3O2. The number of benzene rings is 1. The third kappa shape index (κ3) is 3.12. The molecule has 0 N–H and O–H groups in total. The highest BCUT2D eigenvalue weighted by Gasteiger charge is 2.30. The molecule has 0 radical (unpaired) electrons. The molecule has 5 rings (SSSR count). The van der Waals surface area contributed by atoms with E-state index in [2.05, 4.69) is 30.2 Å². The number of pyridine rings is 1. The van der Waals surface area contributed by atoms with Crippen molar-refractivity contribution in [3.63, 3.8) is 0 Å². The van der Waals surface area contributed by atoms with Crippen LogP contribution in [-0.4, -0.2) is 27.0 Å². The van der Waals surface area contributed by atoms with E-state index in [1.54, 1.807) is 16.8 Å². The largest absolute Gasteiger partial charge is 0.461 e. The molecule has 0 fully saturated rings. The Morgan fingerprint density at radius 3 is 2.83 bits per heavy atom. The van der Waals surface area contributed by atoms with Crippen molar-refractivity contribution in [2.45, 2.75) is 26.3 Å². The molecule has 3 aromatic heterocycles. The highest BCUT2D eigenvalue weighted by atomic mass is 35.5. The Morgan fingerprint density at radius 2 is 2.03 bits per heavy atom. The summed E-state index contributed by atoms with van der Waals surface area (Å²) in [7, 11) is 0. The number of halogens is 1. The van der Waals surface area contributed by atoms with E-state index in [4.69, 9.17) is 16.0 Å². The van der Waals surface area contributed by atoms with Gasteiger partial charge in [-0.3, -0.25) is 4.79 Å². The van der Waals surface area contributed by atoms with Crippen LogP contribution in [0.3, 0.4) is 0 Å². The lowest BCUT2D eigenvalue weighted by Gasteiger charge is -2.35. The number of rotatable bonds is 2. The van der Waals surface area contributed by atoms with Crippen LogP contribution in [0.25, 0.3) is 16.8 Å². The van der Waals surface area contributed by atoms with Crippen LogP contribution in [0.4, 0.5) is 0 Å². The maximum absolute atomic E-state index is 13.2. The van der Waals surface area contributed by atoms with Crippen molar-refractivity contribution < 1.29 is 9.21 Å². The SMILES string of the molecule is Cc1ccc(-c2ccc3c(c2)C(C)N(C(=O)c2cc4ccc(Cl)cn4n2)CC3)o1. The molecule has 0 saturated heterocycles. The van der Waals surface area contributed by atoms with E-state index in [9.17, 15) is 4.79 Å². The maximum Gasteiger partial charge on any atom is 0.274 e. The molecule has 1 aromatic carbocycles. The summed E-state index contributed by atoms with van der Waals surface area (Å²) in [6, 6.07) is 15.7. The zero-order valence-electron chi connectivity index (χ0n) is 16.2. The number of hydrogen-bond acceptors (Lipinski definition) is 3. The number of fused-ring (bicyclic) bond motifs is 2. The maximum atomic E-state index is 13.2. The summed E-state index contributed by atoms with van der Waals surface area (Å²) in [5.41, 5.74) is 4.73. The second kappa shape index (κ2) is 6.78. The summed E-state index contributed by atoms with van der Waals surface area (Å²) in [6.45, 7) is 4.67. The Morgan fingerprint density at radius 1 is 1.17 bits per heavy atom. The van der Waals surface area contributed by atoms with Crippen LogP contribution in [-0.2, 0) is 6.42 Å². The fourth-order valence-electron chi connectivity index (χ4n) is 4.05. The van der Waals surface area contributed by atoms with Gasteiger partial charge in [-0.05, 0) is 67.8 Å². The van der Waals surface area contributed by atoms with E-state index in [1.807, 2.05) is 36.1 Å². The average molecular weight is 406 g/mol. The molecule has 0 bridgehead atoms. The Balaban J connectivity index is 1.48. The van der Waals surface area contributed by atoms with E-state index in [1.165, 1.54) is 5.56 Å². The number of furan rings is 1. The van der Waals surface area contributed by atoms with Gasteiger partial charge in [-0.1, -0.05) is 23.7 Å². The molecule has 1 atom stereocenters. The number of carbonyl (C=O) groups is 1. The molecule has 5 nitrogen and oxygen atoms in total. The van der Waals surface area contributed by atoms with Crippen LogP contribution in [0.15, 0.2) is 59.1 Å². The van der Waals surface area contributed by atoms with Crippen molar-refractivity contribution >= 4 is 23.0 Å². The molecule has 4 heterocycles. The normalized spacial score (nSPS) is 16.2. The highest BCUT2D eigenvalue weighted by Crippen LogP contribution is 2.34. The van der Waals surface area contributed by atoms with Gasteiger partial charge in [0.15, 0.2) is 5.69 Å². The topological polar surface area (TPSA) is 50.8 Å². The molecule has 1 amide bonds. The van der Waals surface area contributed by atoms with Crippen LogP contribution >= 0.6 is 11.6 Å². The Labute approximate surface area is 173 Å². The van der Waals surface area contributed by atoms with Gasteiger partial charge in [0.05, 0.1) is 16.6 Å². The van der Waals surface area contributed by atoms with Crippen molar-refractivity contribution in [1.29, 1.82) is 0 Å². The second-order valence-electron chi connectivity index (χ2n) is 7.49. The number of aromatic nitrogens is 2. The number of aryl methyl sites for hydroxylation is 1. The molecular weight excluding hydrogens is 386 g/mol. The molecule has 29 heavy (non-hydrogen) atoms. The lowest BCUT2D eigenvalue weighted by Crippen LogP contribution is -2.39. The van der Waals surface area contributed by atoms with Gasteiger partial charge in [0, 0.05) is 18.3 Å². The van der Waals surface area contributed by atoms with Crippen LogP contribution in [0.5, 0.6) is 0 Å². The predicted octanol–water partition coefficient (Wildman–Crippen LogP) is 5.32. The zero-order valence-corrected chi connectivity index (χ0v) is 17.0. The fraction of sp³-hybridized carbons (Fsp3) is 0.217. The van der Waals surface area contributed by atoms with Crippen LogP contribution in [0, 0.1) is 6.92 Å². The first-order valence-electron chi connectivity index (χ1n) is 9.65. The van der Waals surface area contributed by atoms with Gasteiger partial charge in [0.1, 0.15) is 11.5 Å². The van der Waals surface area contributed by atoms with Crippen molar-refractivity contribution in [2.75, 3.05) is 6.54 Å². The molecule has 6 heteroatoms. The Kier molecular flexibility index (Phi) is 4.21. The van der Waals surface area contributed by atoms with Gasteiger partial charge in [-0.15, -0.1) is 0 Å². The molecule has 0 aliphatic carbocycles. The Bertz CT molecular complexity index is 1240. The van der Waals surface area contributed by atoms with E-state index in [0.29, 0.717) is 17.3 Å². The number of nitrogens with zero attached hydrogens (tertiary/aromatic N) is 3. The smallest absolute Gasteiger partial charge is 0.274 e. The molecule has 0 spiro atoms. The van der Waals surface area contributed by atoms with E-state index in [0.717, 1.165) is 34.6 Å². The number of carbonyl (C=O) groups excluding carboxylic acids is 1. The lowest BCUT2D eigenvalue weighted by molar-refractivity contribution is 0.0671. The third-order valence-electron chi connectivity index (χ3n) is 5.61. The van der Waals surface area contributed by atoms with Crippen molar-refractivity contribution in [1.82, 2.24) is 14.5 Å². The summed E-state index contributed by atoms with van der Waals surface area (Å²) < 4.78 is 7.43. The summed E-state index contributed by atoms with van der Waals surface area (Å²) in [5, 5.41) is 5.02. The minimum Gasteiger partial charge on any atom is -0.461 e. The molecule has 1 unspecified atom stereocenters. The second-order valence-corrected chi connectivity index (χ2v) is 7.93. The zero-order chi connectivity index (χ0) is 20.1. The molecule has 1 aliphatic heterocycles. The molecule has 1 aliphatic rings. The molecule has 146 valence electrons. The van der Waals surface area contributed by atoms with Crippen LogP contribution in [0.2, 0.25) is 5.02 Å². The van der Waals surface area contributed by atoms with E-state index in [-0.39, 0.29) is 11.9 Å². The van der Waals surface area contributed by atoms with Crippen LogP contribution < -0.4 is 0 Å². The fourth-order valence-corrected chi connectivity index (χ4v) is 4.20. The summed E-state index contributed by atoms with van der Waals surface area (Å²) >= 11 is 6.04. The highest BCUT2D eigenvalue weighted by molar-refractivity contribution is 6.30. The van der Waals surface area contributed by atoms with Gasteiger partial charge >= 0.3 is 0 Å². The standard InChI is InChI=1S/C23H20ClN3O2/c1-14-3-8-22(29-14)17-5-4-16-9-10-26(15(2)20(16)11-17)23(28)21-12-19-7-6-18(24)13-27(19)25-21/h3-8,11-13,15H,9-10H2,1-2H3. The first-order chi connectivity index (χ1) is 14.0. The molecule has 0 saturated carbocycles. The van der Waals surface area contributed by atoms with Gasteiger partial charge in [-0.2, -0.15) is 5.10 Å². The number of amides is 1. The molecule has 4 aromatic rings. The Hall–Kier alpha value is -3.05. The summed E-state index contributed by atoms with van der Waals surface area (Å²) in [6.07, 6.45) is 2.53. The minimum atomic E-state index is -0.0674. The predicted molar refractivity (Wildman–Crippen MR) is 112 cm³/mol. The first kappa shape index (κ1) is 18.0. The quantitative estimate of drug-likeness (QED) is 0.453. The van der Waals surface area contributed by atoms with Crippen molar-refractivity contribution in [2.24, 2.45) is 0 Å². The van der Waals surface area contributed by atoms with Gasteiger partial charge < -0.3 is 9.32 Å². The van der Waals surface area contributed by atoms with Crippen molar-refractivity contribution in [3.05, 3.63) is 82.3 Å². The summed E-state index contributed by atoms with van der Waals surface area (Å²) in [5.74, 6) is 1.66. The number of hydrogen-bond donors (Lipinski definition) is 0. The first-order valence-corrected chi connectivity index (χ1v) is 10.0. The van der Waals surface area contributed by atoms with Gasteiger partial charge in [0.25, 0.3) is 5.91 Å². The van der Waals surface area contributed by atoms with E-state index < -0.39 is 0 Å². The lowest BCUT2D eigenvalue weighted by atomic mass is 9.91. The summed E-state index contributed by atoms with van der Waals surface area (Å²) in [4.78, 5) is 15.1. The van der Waals surface area contributed by atoms with Crippen LogP contribution in [0.1, 0.15) is 40.3 Å². The monoisotopic (exact) mass is 405 g/mol. The van der Waals surface area contributed by atoms with Gasteiger partial charge in [0.2, 0.25) is 0 Å². The van der Waals surface area contributed by atoms with Crippen molar-refractivity contribution in [3.8, 4) is 11.3 Å². The van der Waals surface area contributed by atoms with Gasteiger partial charge in [-0.25, -0.2) is 4.52 Å².